The van der Waals surface area contributed by atoms with Crippen molar-refractivity contribution in [2.45, 2.75) is 52.7 Å². The standard InChI is InChI=1S/C18H24N2O2S/c1-12-16(23-13(2)20-12)11-19-17(21)15-7-5-6-14(10-15)8-9-18(3,4)22/h5-7,10,22H,8-9,11H2,1-4H3,(H,19,21). The van der Waals surface area contributed by atoms with E-state index in [4.69, 9.17) is 0 Å². The predicted octanol–water partition coefficient (Wildman–Crippen LogP) is 3.39. The van der Waals surface area contributed by atoms with E-state index in [2.05, 4.69) is 10.3 Å². The molecule has 0 atom stereocenters. The van der Waals surface area contributed by atoms with E-state index in [0.717, 1.165) is 27.6 Å². The van der Waals surface area contributed by atoms with Gasteiger partial charge in [0.15, 0.2) is 0 Å². The molecule has 0 aliphatic heterocycles. The number of nitrogens with one attached hydrogen (secondary N) is 1. The summed E-state index contributed by atoms with van der Waals surface area (Å²) in [5.74, 6) is -0.0828. The van der Waals surface area contributed by atoms with E-state index in [1.54, 1.807) is 25.2 Å². The van der Waals surface area contributed by atoms with Gasteiger partial charge in [-0.2, -0.15) is 0 Å². The molecule has 1 amide bonds. The second-order valence-corrected chi connectivity index (χ2v) is 7.72. The van der Waals surface area contributed by atoms with Crippen molar-refractivity contribution in [3.8, 4) is 0 Å². The molecular formula is C18H24N2O2S. The van der Waals surface area contributed by atoms with Crippen LogP contribution in [0, 0.1) is 13.8 Å². The maximum Gasteiger partial charge on any atom is 0.251 e. The van der Waals surface area contributed by atoms with Gasteiger partial charge in [-0.1, -0.05) is 12.1 Å². The fraction of sp³-hybridized carbons (Fsp3) is 0.444. The van der Waals surface area contributed by atoms with E-state index in [0.29, 0.717) is 18.5 Å². The Morgan fingerprint density at radius 2 is 2.09 bits per heavy atom. The van der Waals surface area contributed by atoms with E-state index >= 15 is 0 Å². The SMILES string of the molecule is Cc1nc(C)c(CNC(=O)c2cccc(CCC(C)(C)O)c2)s1. The molecule has 0 saturated heterocycles. The van der Waals surface area contributed by atoms with Crippen molar-refractivity contribution in [2.24, 2.45) is 0 Å². The maximum atomic E-state index is 12.3. The number of thiazole rings is 1. The zero-order valence-corrected chi connectivity index (χ0v) is 15.0. The Balaban J connectivity index is 1.98. The molecule has 0 radical (unpaired) electrons. The number of carbonyl (C=O) groups is 1. The fourth-order valence-corrected chi connectivity index (χ4v) is 3.20. The number of nitrogens with zero attached hydrogens (tertiary/aromatic N) is 1. The van der Waals surface area contributed by atoms with Crippen LogP contribution in [0.2, 0.25) is 0 Å². The van der Waals surface area contributed by atoms with Crippen molar-refractivity contribution < 1.29 is 9.90 Å². The summed E-state index contributed by atoms with van der Waals surface area (Å²) < 4.78 is 0. The van der Waals surface area contributed by atoms with Gasteiger partial charge in [0.1, 0.15) is 0 Å². The van der Waals surface area contributed by atoms with Gasteiger partial charge in [-0.15, -0.1) is 11.3 Å². The van der Waals surface area contributed by atoms with Crippen molar-refractivity contribution in [2.75, 3.05) is 0 Å². The number of hydrogen-bond donors (Lipinski definition) is 2. The summed E-state index contributed by atoms with van der Waals surface area (Å²) in [6, 6.07) is 7.58. The van der Waals surface area contributed by atoms with Crippen molar-refractivity contribution in [1.29, 1.82) is 0 Å². The Bertz CT molecular complexity index is 687. The Kier molecular flexibility index (Phi) is 5.55. The molecule has 0 spiro atoms. The minimum Gasteiger partial charge on any atom is -0.390 e. The summed E-state index contributed by atoms with van der Waals surface area (Å²) in [4.78, 5) is 17.8. The molecular weight excluding hydrogens is 308 g/mol. The number of rotatable bonds is 6. The quantitative estimate of drug-likeness (QED) is 0.852. The molecule has 1 aromatic carbocycles. The molecule has 0 fully saturated rings. The van der Waals surface area contributed by atoms with E-state index in [1.807, 2.05) is 38.1 Å². The van der Waals surface area contributed by atoms with Gasteiger partial charge in [-0.25, -0.2) is 4.98 Å². The van der Waals surface area contributed by atoms with E-state index < -0.39 is 5.60 Å². The van der Waals surface area contributed by atoms with Crippen LogP contribution in [-0.4, -0.2) is 21.6 Å². The van der Waals surface area contributed by atoms with Crippen LogP contribution in [0.3, 0.4) is 0 Å². The number of aryl methyl sites for hydroxylation is 3. The molecule has 0 aliphatic carbocycles. The minimum atomic E-state index is -0.695. The van der Waals surface area contributed by atoms with Gasteiger partial charge in [-0.3, -0.25) is 4.79 Å². The molecule has 0 aliphatic rings. The highest BCUT2D eigenvalue weighted by Gasteiger charge is 2.13. The van der Waals surface area contributed by atoms with E-state index in [1.165, 1.54) is 0 Å². The molecule has 0 saturated carbocycles. The molecule has 2 rings (SSSR count). The van der Waals surface area contributed by atoms with E-state index in [9.17, 15) is 9.90 Å². The second-order valence-electron chi connectivity index (χ2n) is 6.44. The minimum absolute atomic E-state index is 0.0828. The van der Waals surface area contributed by atoms with Crippen LogP contribution in [0.4, 0.5) is 0 Å². The number of amides is 1. The summed E-state index contributed by atoms with van der Waals surface area (Å²) in [5.41, 5.74) is 1.99. The zero-order chi connectivity index (χ0) is 17.0. The average Bonchev–Trinajstić information content (AvgIpc) is 2.80. The third-order valence-electron chi connectivity index (χ3n) is 3.62. The summed E-state index contributed by atoms with van der Waals surface area (Å²) in [6.07, 6.45) is 1.41. The topological polar surface area (TPSA) is 62.2 Å². The number of carbonyl (C=O) groups excluding carboxylic acids is 1. The number of hydrogen-bond acceptors (Lipinski definition) is 4. The maximum absolute atomic E-state index is 12.3. The van der Waals surface area contributed by atoms with Crippen LogP contribution in [-0.2, 0) is 13.0 Å². The van der Waals surface area contributed by atoms with Crippen LogP contribution in [0.5, 0.6) is 0 Å². The van der Waals surface area contributed by atoms with Crippen molar-refractivity contribution in [3.63, 3.8) is 0 Å². The third-order valence-corrected chi connectivity index (χ3v) is 4.70. The van der Waals surface area contributed by atoms with Gasteiger partial charge in [0.25, 0.3) is 5.91 Å². The second kappa shape index (κ2) is 7.23. The molecule has 5 heteroatoms. The summed E-state index contributed by atoms with van der Waals surface area (Å²) in [6.45, 7) is 8.02. The zero-order valence-electron chi connectivity index (χ0n) is 14.1. The molecule has 2 N–H and O–H groups in total. The lowest BCUT2D eigenvalue weighted by Gasteiger charge is -2.16. The monoisotopic (exact) mass is 332 g/mol. The number of benzene rings is 1. The largest absolute Gasteiger partial charge is 0.390 e. The first kappa shape index (κ1) is 17.6. The van der Waals surface area contributed by atoms with Gasteiger partial charge in [0.2, 0.25) is 0 Å². The lowest BCUT2D eigenvalue weighted by atomic mass is 9.98. The number of aliphatic hydroxyl groups is 1. The summed E-state index contributed by atoms with van der Waals surface area (Å²) in [5, 5.41) is 13.8. The highest BCUT2D eigenvalue weighted by atomic mass is 32.1. The third kappa shape index (κ3) is 5.44. The van der Waals surface area contributed by atoms with Crippen LogP contribution in [0.15, 0.2) is 24.3 Å². The van der Waals surface area contributed by atoms with Crippen LogP contribution < -0.4 is 5.32 Å². The number of aromatic nitrogens is 1. The first-order chi connectivity index (χ1) is 10.7. The molecule has 1 aromatic heterocycles. The normalized spacial score (nSPS) is 11.5. The van der Waals surface area contributed by atoms with Crippen molar-refractivity contribution in [1.82, 2.24) is 10.3 Å². The molecule has 2 aromatic rings. The van der Waals surface area contributed by atoms with Gasteiger partial charge in [0.05, 0.1) is 22.8 Å². The van der Waals surface area contributed by atoms with E-state index in [-0.39, 0.29) is 5.91 Å². The lowest BCUT2D eigenvalue weighted by Crippen LogP contribution is -2.23. The molecule has 0 unspecified atom stereocenters. The summed E-state index contributed by atoms with van der Waals surface area (Å²) >= 11 is 1.61. The highest BCUT2D eigenvalue weighted by Crippen LogP contribution is 2.17. The first-order valence-corrected chi connectivity index (χ1v) is 8.59. The molecule has 124 valence electrons. The molecule has 0 bridgehead atoms. The fourth-order valence-electron chi connectivity index (χ4n) is 2.32. The van der Waals surface area contributed by atoms with Gasteiger partial charge in [-0.05, 0) is 58.2 Å². The smallest absolute Gasteiger partial charge is 0.251 e. The van der Waals surface area contributed by atoms with Crippen LogP contribution in [0.1, 0.15) is 51.8 Å². The molecule has 4 nitrogen and oxygen atoms in total. The van der Waals surface area contributed by atoms with Crippen LogP contribution in [0.25, 0.3) is 0 Å². The first-order valence-electron chi connectivity index (χ1n) is 7.77. The Morgan fingerprint density at radius 1 is 1.35 bits per heavy atom. The highest BCUT2D eigenvalue weighted by molar-refractivity contribution is 7.11. The average molecular weight is 332 g/mol. The van der Waals surface area contributed by atoms with Crippen LogP contribution >= 0.6 is 11.3 Å². The van der Waals surface area contributed by atoms with Gasteiger partial charge >= 0.3 is 0 Å². The summed E-state index contributed by atoms with van der Waals surface area (Å²) in [7, 11) is 0. The lowest BCUT2D eigenvalue weighted by molar-refractivity contribution is 0.0714. The van der Waals surface area contributed by atoms with Crippen molar-refractivity contribution >= 4 is 17.2 Å². The Labute approximate surface area is 141 Å². The Hall–Kier alpha value is -1.72. The Morgan fingerprint density at radius 3 is 2.70 bits per heavy atom. The van der Waals surface area contributed by atoms with Gasteiger partial charge < -0.3 is 10.4 Å². The van der Waals surface area contributed by atoms with Gasteiger partial charge in [0, 0.05) is 10.4 Å². The van der Waals surface area contributed by atoms with Crippen molar-refractivity contribution in [3.05, 3.63) is 51.0 Å². The molecule has 23 heavy (non-hydrogen) atoms. The molecule has 1 heterocycles. The predicted molar refractivity (Wildman–Crippen MR) is 93.8 cm³/mol.